The molecule has 3 heteroatoms. The molecule has 23 heavy (non-hydrogen) atoms. The van der Waals surface area contributed by atoms with Gasteiger partial charge < -0.3 is 9.84 Å². The van der Waals surface area contributed by atoms with Gasteiger partial charge in [0, 0.05) is 19.1 Å². The zero-order valence-corrected chi connectivity index (χ0v) is 15.5. The molecule has 0 aliphatic carbocycles. The van der Waals surface area contributed by atoms with Crippen LogP contribution in [0.1, 0.15) is 58.8 Å². The second kappa shape index (κ2) is 7.33. The summed E-state index contributed by atoms with van der Waals surface area (Å²) in [6, 6.07) is 8.86. The highest BCUT2D eigenvalue weighted by atomic mass is 16.5. The molecular weight excluding hydrogens is 286 g/mol. The van der Waals surface area contributed by atoms with Gasteiger partial charge in [0.1, 0.15) is 0 Å². The zero-order valence-electron chi connectivity index (χ0n) is 15.5. The van der Waals surface area contributed by atoms with Crippen LogP contribution in [0.4, 0.5) is 0 Å². The first-order chi connectivity index (χ1) is 10.7. The molecule has 1 aromatic rings. The van der Waals surface area contributed by atoms with Gasteiger partial charge in [-0.3, -0.25) is 4.90 Å². The van der Waals surface area contributed by atoms with Crippen molar-refractivity contribution in [2.75, 3.05) is 19.7 Å². The fourth-order valence-electron chi connectivity index (χ4n) is 3.20. The van der Waals surface area contributed by atoms with E-state index in [0.29, 0.717) is 6.04 Å². The molecule has 130 valence electrons. The predicted molar refractivity (Wildman–Crippen MR) is 95.7 cm³/mol. The van der Waals surface area contributed by atoms with Gasteiger partial charge in [-0.15, -0.1) is 0 Å². The molecule has 0 aromatic heterocycles. The summed E-state index contributed by atoms with van der Waals surface area (Å²) in [7, 11) is 0. The molecule has 0 spiro atoms. The molecule has 0 bridgehead atoms. The number of aliphatic hydroxyl groups is 1. The van der Waals surface area contributed by atoms with Crippen LogP contribution in [0.3, 0.4) is 0 Å². The van der Waals surface area contributed by atoms with E-state index in [9.17, 15) is 5.11 Å². The van der Waals surface area contributed by atoms with Gasteiger partial charge in [-0.25, -0.2) is 0 Å². The average Bonchev–Trinajstić information content (AvgIpc) is 2.49. The molecule has 0 saturated carbocycles. The number of hydrogen-bond acceptors (Lipinski definition) is 3. The maximum atomic E-state index is 10.7. The number of benzene rings is 1. The van der Waals surface area contributed by atoms with Gasteiger partial charge in [-0.1, -0.05) is 52.0 Å². The summed E-state index contributed by atoms with van der Waals surface area (Å²) in [6.45, 7) is 15.7. The Labute approximate surface area is 141 Å². The van der Waals surface area contributed by atoms with Crippen molar-refractivity contribution in [1.82, 2.24) is 4.90 Å². The topological polar surface area (TPSA) is 32.7 Å². The third kappa shape index (κ3) is 4.79. The Hall–Kier alpha value is -0.900. The Morgan fingerprint density at radius 3 is 2.39 bits per heavy atom. The minimum absolute atomic E-state index is 0.147. The van der Waals surface area contributed by atoms with Crippen LogP contribution in [0.25, 0.3) is 0 Å². The normalized spacial score (nSPS) is 26.0. The van der Waals surface area contributed by atoms with Crippen molar-refractivity contribution < 1.29 is 9.84 Å². The Kier molecular flexibility index (Phi) is 5.88. The highest BCUT2D eigenvalue weighted by molar-refractivity contribution is 5.28. The van der Waals surface area contributed by atoms with Gasteiger partial charge in [0.25, 0.3) is 0 Å². The number of nitrogens with zero attached hydrogens (tertiary/aromatic N) is 1. The summed E-state index contributed by atoms with van der Waals surface area (Å²) in [4.78, 5) is 2.44. The maximum absolute atomic E-state index is 10.7. The molecule has 0 radical (unpaired) electrons. The summed E-state index contributed by atoms with van der Waals surface area (Å²) in [5.74, 6) is 0.197. The van der Waals surface area contributed by atoms with E-state index in [1.54, 1.807) is 0 Å². The van der Waals surface area contributed by atoms with E-state index in [1.807, 2.05) is 0 Å². The first-order valence-corrected chi connectivity index (χ1v) is 8.82. The van der Waals surface area contributed by atoms with Crippen molar-refractivity contribution in [3.05, 3.63) is 35.4 Å². The first kappa shape index (κ1) is 18.4. The molecule has 4 atom stereocenters. The highest BCUT2D eigenvalue weighted by Gasteiger charge is 2.27. The summed E-state index contributed by atoms with van der Waals surface area (Å²) < 4.78 is 5.69. The monoisotopic (exact) mass is 319 g/mol. The lowest BCUT2D eigenvalue weighted by atomic mass is 9.85. The lowest BCUT2D eigenvalue weighted by Crippen LogP contribution is -2.49. The van der Waals surface area contributed by atoms with Crippen LogP contribution in [0.15, 0.2) is 24.3 Å². The van der Waals surface area contributed by atoms with Crippen molar-refractivity contribution >= 4 is 0 Å². The smallest absolute Gasteiger partial charge is 0.0827 e. The molecule has 1 fully saturated rings. The standard InChI is InChI=1S/C20H33NO2/c1-14(11-21-12-16(3)23-13-15(21)2)19(22)17-7-9-18(10-8-17)20(4,5)6/h7-10,14-16,19,22H,11-13H2,1-6H3. The molecule has 1 N–H and O–H groups in total. The van der Waals surface area contributed by atoms with Crippen molar-refractivity contribution in [3.63, 3.8) is 0 Å². The molecule has 3 nitrogen and oxygen atoms in total. The van der Waals surface area contributed by atoms with Crippen LogP contribution >= 0.6 is 0 Å². The van der Waals surface area contributed by atoms with E-state index in [4.69, 9.17) is 4.74 Å². The second-order valence-electron chi connectivity index (χ2n) is 8.24. The van der Waals surface area contributed by atoms with Crippen molar-refractivity contribution in [3.8, 4) is 0 Å². The Bertz CT molecular complexity index is 491. The van der Waals surface area contributed by atoms with Crippen molar-refractivity contribution in [1.29, 1.82) is 0 Å². The highest BCUT2D eigenvalue weighted by Crippen LogP contribution is 2.28. The third-order valence-corrected chi connectivity index (χ3v) is 4.92. The summed E-state index contributed by atoms with van der Waals surface area (Å²) in [6.07, 6.45) is -0.143. The maximum Gasteiger partial charge on any atom is 0.0827 e. The molecule has 4 unspecified atom stereocenters. The van der Waals surface area contributed by atoms with Crippen molar-refractivity contribution in [2.45, 2.75) is 65.2 Å². The Balaban J connectivity index is 2.00. The van der Waals surface area contributed by atoms with Crippen LogP contribution in [-0.2, 0) is 10.2 Å². The van der Waals surface area contributed by atoms with Gasteiger partial charge in [-0.2, -0.15) is 0 Å². The minimum atomic E-state index is -0.422. The minimum Gasteiger partial charge on any atom is -0.388 e. The lowest BCUT2D eigenvalue weighted by molar-refractivity contribution is -0.0601. The van der Waals surface area contributed by atoms with E-state index in [-0.39, 0.29) is 17.4 Å². The fourth-order valence-corrected chi connectivity index (χ4v) is 3.20. The predicted octanol–water partition coefficient (Wildman–Crippen LogP) is 3.76. The van der Waals surface area contributed by atoms with Crippen molar-refractivity contribution in [2.24, 2.45) is 5.92 Å². The van der Waals surface area contributed by atoms with Gasteiger partial charge in [0.05, 0.1) is 18.8 Å². The van der Waals surface area contributed by atoms with Gasteiger partial charge in [0.15, 0.2) is 0 Å². The van der Waals surface area contributed by atoms with E-state index >= 15 is 0 Å². The molecule has 2 rings (SSSR count). The number of aliphatic hydroxyl groups excluding tert-OH is 1. The van der Waals surface area contributed by atoms with Crippen LogP contribution in [-0.4, -0.2) is 41.8 Å². The number of hydrogen-bond donors (Lipinski definition) is 1. The summed E-state index contributed by atoms with van der Waals surface area (Å²) >= 11 is 0. The Morgan fingerprint density at radius 1 is 1.22 bits per heavy atom. The molecule has 1 saturated heterocycles. The molecule has 0 amide bonds. The number of rotatable bonds is 4. The van der Waals surface area contributed by atoms with Crippen LogP contribution < -0.4 is 0 Å². The second-order valence-corrected chi connectivity index (χ2v) is 8.24. The zero-order chi connectivity index (χ0) is 17.2. The number of ether oxygens (including phenoxy) is 1. The third-order valence-electron chi connectivity index (χ3n) is 4.92. The lowest BCUT2D eigenvalue weighted by Gasteiger charge is -2.39. The average molecular weight is 319 g/mol. The molecule has 1 aromatic carbocycles. The van der Waals surface area contributed by atoms with E-state index in [0.717, 1.165) is 25.3 Å². The van der Waals surface area contributed by atoms with E-state index in [2.05, 4.69) is 70.7 Å². The van der Waals surface area contributed by atoms with Gasteiger partial charge in [-0.05, 0) is 36.3 Å². The first-order valence-electron chi connectivity index (χ1n) is 8.82. The molecule has 1 aliphatic heterocycles. The molecule has 1 aliphatic rings. The quantitative estimate of drug-likeness (QED) is 0.917. The van der Waals surface area contributed by atoms with E-state index in [1.165, 1.54) is 5.56 Å². The SMILES string of the molecule is CC1CN(CC(C)C(O)c2ccc(C(C)(C)C)cc2)C(C)CO1. The summed E-state index contributed by atoms with van der Waals surface area (Å²) in [5.41, 5.74) is 2.46. The Morgan fingerprint density at radius 2 is 1.83 bits per heavy atom. The van der Waals surface area contributed by atoms with Crippen LogP contribution in [0, 0.1) is 5.92 Å². The van der Waals surface area contributed by atoms with Crippen LogP contribution in [0.5, 0.6) is 0 Å². The van der Waals surface area contributed by atoms with Crippen LogP contribution in [0.2, 0.25) is 0 Å². The van der Waals surface area contributed by atoms with Gasteiger partial charge >= 0.3 is 0 Å². The number of morpholine rings is 1. The molecular formula is C20H33NO2. The van der Waals surface area contributed by atoms with Gasteiger partial charge in [0.2, 0.25) is 0 Å². The fraction of sp³-hybridized carbons (Fsp3) is 0.700. The largest absolute Gasteiger partial charge is 0.388 e. The summed E-state index contributed by atoms with van der Waals surface area (Å²) in [5, 5.41) is 10.7. The molecule has 1 heterocycles. The van der Waals surface area contributed by atoms with E-state index < -0.39 is 6.10 Å².